The van der Waals surface area contributed by atoms with Crippen molar-refractivity contribution in [2.24, 2.45) is 0 Å². The standard InChI is InChI=1S/C23H32N4O6S2/c1-5-33-22-11-10-21(16-17(22)2)34(29,30)25-18(3)23(28)24-19-6-8-20(9-7-19)35(31,32)27-14-12-26(4)13-15-27/h6-11,16,18,25H,5,12-15H2,1-4H3,(H,24,28)/t18-/m0/s1. The molecule has 0 aliphatic carbocycles. The maximum atomic E-state index is 12.8. The highest BCUT2D eigenvalue weighted by Crippen LogP contribution is 2.22. The van der Waals surface area contributed by atoms with Gasteiger partial charge in [0.05, 0.1) is 22.4 Å². The van der Waals surface area contributed by atoms with Gasteiger partial charge in [0.25, 0.3) is 0 Å². The monoisotopic (exact) mass is 524 g/mol. The highest BCUT2D eigenvalue weighted by molar-refractivity contribution is 7.89. The van der Waals surface area contributed by atoms with Gasteiger partial charge in [-0.15, -0.1) is 0 Å². The first-order chi connectivity index (χ1) is 16.4. The molecule has 1 fully saturated rings. The summed E-state index contributed by atoms with van der Waals surface area (Å²) in [5.41, 5.74) is 1.02. The van der Waals surface area contributed by atoms with E-state index in [2.05, 4.69) is 14.9 Å². The van der Waals surface area contributed by atoms with Crippen LogP contribution < -0.4 is 14.8 Å². The van der Waals surface area contributed by atoms with E-state index in [1.807, 2.05) is 14.0 Å². The highest BCUT2D eigenvalue weighted by atomic mass is 32.2. The molecule has 0 saturated carbocycles. The Hall–Kier alpha value is -2.51. The molecule has 2 aromatic rings. The van der Waals surface area contributed by atoms with Crippen LogP contribution in [-0.4, -0.2) is 77.8 Å². The number of sulfonamides is 2. The molecule has 2 aromatic carbocycles. The van der Waals surface area contributed by atoms with E-state index in [1.165, 1.54) is 47.6 Å². The van der Waals surface area contributed by atoms with Crippen molar-refractivity contribution < 1.29 is 26.4 Å². The third-order valence-corrected chi connectivity index (χ3v) is 9.15. The molecule has 2 N–H and O–H groups in total. The first kappa shape index (κ1) is 27.1. The van der Waals surface area contributed by atoms with Crippen LogP contribution >= 0.6 is 0 Å². The van der Waals surface area contributed by atoms with Gasteiger partial charge in [0, 0.05) is 31.9 Å². The largest absolute Gasteiger partial charge is 0.494 e. The van der Waals surface area contributed by atoms with Crippen LogP contribution in [0.15, 0.2) is 52.3 Å². The molecule has 10 nitrogen and oxygen atoms in total. The van der Waals surface area contributed by atoms with E-state index in [9.17, 15) is 21.6 Å². The number of nitrogens with one attached hydrogen (secondary N) is 2. The Morgan fingerprint density at radius 2 is 1.60 bits per heavy atom. The number of nitrogens with zero attached hydrogens (tertiary/aromatic N) is 2. The van der Waals surface area contributed by atoms with E-state index in [0.29, 0.717) is 49.8 Å². The van der Waals surface area contributed by atoms with Crippen molar-refractivity contribution in [1.29, 1.82) is 0 Å². The fraction of sp³-hybridized carbons (Fsp3) is 0.435. The van der Waals surface area contributed by atoms with Gasteiger partial charge in [0.15, 0.2) is 0 Å². The molecule has 192 valence electrons. The van der Waals surface area contributed by atoms with E-state index in [4.69, 9.17) is 4.74 Å². The Labute approximate surface area is 207 Å². The van der Waals surface area contributed by atoms with Crippen molar-refractivity contribution >= 4 is 31.6 Å². The third-order valence-electron chi connectivity index (χ3n) is 5.70. The maximum Gasteiger partial charge on any atom is 0.243 e. The Bertz CT molecular complexity index is 1260. The second-order valence-electron chi connectivity index (χ2n) is 8.42. The first-order valence-electron chi connectivity index (χ1n) is 11.3. The van der Waals surface area contributed by atoms with Gasteiger partial charge < -0.3 is 15.0 Å². The molecule has 1 heterocycles. The number of amides is 1. The van der Waals surface area contributed by atoms with E-state index < -0.39 is 32.0 Å². The number of hydrogen-bond donors (Lipinski definition) is 2. The van der Waals surface area contributed by atoms with Crippen LogP contribution in [0.5, 0.6) is 5.75 Å². The summed E-state index contributed by atoms with van der Waals surface area (Å²) in [4.78, 5) is 14.8. The first-order valence-corrected chi connectivity index (χ1v) is 14.2. The molecule has 0 aromatic heterocycles. The van der Waals surface area contributed by atoms with E-state index in [1.54, 1.807) is 13.0 Å². The summed E-state index contributed by atoms with van der Waals surface area (Å²) in [7, 11) is -5.62. The molecular weight excluding hydrogens is 492 g/mol. The van der Waals surface area contributed by atoms with Gasteiger partial charge in [-0.05, 0) is 75.8 Å². The lowest BCUT2D eigenvalue weighted by Crippen LogP contribution is -2.47. The summed E-state index contributed by atoms with van der Waals surface area (Å²) in [5, 5.41) is 2.62. The van der Waals surface area contributed by atoms with Gasteiger partial charge in [-0.25, -0.2) is 16.8 Å². The lowest BCUT2D eigenvalue weighted by Gasteiger charge is -2.31. The maximum absolute atomic E-state index is 12.8. The zero-order valence-corrected chi connectivity index (χ0v) is 21.9. The molecule has 1 saturated heterocycles. The van der Waals surface area contributed by atoms with Gasteiger partial charge in [0.2, 0.25) is 26.0 Å². The average Bonchev–Trinajstić information content (AvgIpc) is 2.80. The Morgan fingerprint density at radius 3 is 2.17 bits per heavy atom. The van der Waals surface area contributed by atoms with Gasteiger partial charge in [-0.1, -0.05) is 0 Å². The molecular formula is C23H32N4O6S2. The average molecular weight is 525 g/mol. The van der Waals surface area contributed by atoms with Crippen LogP contribution in [0.1, 0.15) is 19.4 Å². The summed E-state index contributed by atoms with van der Waals surface area (Å²) in [6.45, 7) is 7.64. The van der Waals surface area contributed by atoms with E-state index >= 15 is 0 Å². The number of aryl methyl sites for hydroxylation is 1. The molecule has 1 atom stereocenters. The topological polar surface area (TPSA) is 125 Å². The number of carbonyl (C=O) groups excluding carboxylic acids is 1. The zero-order chi connectivity index (χ0) is 25.8. The summed E-state index contributed by atoms with van der Waals surface area (Å²) in [6.07, 6.45) is 0. The molecule has 3 rings (SSSR count). The van der Waals surface area contributed by atoms with Crippen molar-refractivity contribution in [3.05, 3.63) is 48.0 Å². The van der Waals surface area contributed by atoms with Crippen LogP contribution in [0, 0.1) is 6.92 Å². The fourth-order valence-electron chi connectivity index (χ4n) is 3.60. The summed E-state index contributed by atoms with van der Waals surface area (Å²) >= 11 is 0. The van der Waals surface area contributed by atoms with Crippen LogP contribution in [0.2, 0.25) is 0 Å². The molecule has 0 radical (unpaired) electrons. The van der Waals surface area contributed by atoms with Crippen molar-refractivity contribution in [3.63, 3.8) is 0 Å². The number of likely N-dealkylation sites (N-methyl/N-ethyl adjacent to an activating group) is 1. The number of carbonyl (C=O) groups is 1. The molecule has 1 amide bonds. The lowest BCUT2D eigenvalue weighted by molar-refractivity contribution is -0.117. The molecule has 35 heavy (non-hydrogen) atoms. The number of benzene rings is 2. The van der Waals surface area contributed by atoms with E-state index in [-0.39, 0.29) is 9.79 Å². The summed E-state index contributed by atoms with van der Waals surface area (Å²) in [6, 6.07) is 9.25. The molecule has 0 unspecified atom stereocenters. The minimum absolute atomic E-state index is 0.0246. The minimum atomic E-state index is -3.95. The van der Waals surface area contributed by atoms with E-state index in [0.717, 1.165) is 0 Å². The second-order valence-corrected chi connectivity index (χ2v) is 12.1. The van der Waals surface area contributed by atoms with Crippen LogP contribution in [-0.2, 0) is 24.8 Å². The minimum Gasteiger partial charge on any atom is -0.494 e. The molecule has 12 heteroatoms. The van der Waals surface area contributed by atoms with Gasteiger partial charge in [0.1, 0.15) is 5.75 Å². The number of hydrogen-bond acceptors (Lipinski definition) is 7. The van der Waals surface area contributed by atoms with Crippen molar-refractivity contribution in [1.82, 2.24) is 13.9 Å². The van der Waals surface area contributed by atoms with Crippen molar-refractivity contribution in [2.45, 2.75) is 36.6 Å². The molecule has 1 aliphatic heterocycles. The van der Waals surface area contributed by atoms with Crippen molar-refractivity contribution in [3.8, 4) is 5.75 Å². The SMILES string of the molecule is CCOc1ccc(S(=O)(=O)N[C@@H](C)C(=O)Nc2ccc(S(=O)(=O)N3CCN(C)CC3)cc2)cc1C. The smallest absolute Gasteiger partial charge is 0.243 e. The Kier molecular flexibility index (Phi) is 8.54. The van der Waals surface area contributed by atoms with Gasteiger partial charge >= 0.3 is 0 Å². The highest BCUT2D eigenvalue weighted by Gasteiger charge is 2.27. The predicted molar refractivity (Wildman–Crippen MR) is 133 cm³/mol. The summed E-state index contributed by atoms with van der Waals surface area (Å²) < 4.78 is 60.4. The Morgan fingerprint density at radius 1 is 1.00 bits per heavy atom. The predicted octanol–water partition coefficient (Wildman–Crippen LogP) is 1.64. The molecule has 0 bridgehead atoms. The zero-order valence-electron chi connectivity index (χ0n) is 20.3. The second kappa shape index (κ2) is 11.0. The fourth-order valence-corrected chi connectivity index (χ4v) is 6.31. The number of anilines is 1. The van der Waals surface area contributed by atoms with Crippen LogP contribution in [0.3, 0.4) is 0 Å². The van der Waals surface area contributed by atoms with Crippen molar-refractivity contribution in [2.75, 3.05) is 45.2 Å². The Balaban J connectivity index is 1.63. The van der Waals surface area contributed by atoms with Crippen LogP contribution in [0.25, 0.3) is 0 Å². The number of rotatable bonds is 9. The lowest BCUT2D eigenvalue weighted by atomic mass is 10.2. The third kappa shape index (κ3) is 6.58. The van der Waals surface area contributed by atoms with Gasteiger partial charge in [-0.2, -0.15) is 9.03 Å². The number of ether oxygens (including phenoxy) is 1. The summed E-state index contributed by atoms with van der Waals surface area (Å²) in [5.74, 6) is 0.0150. The quantitative estimate of drug-likeness (QED) is 0.511. The molecule has 0 spiro atoms. The van der Waals surface area contributed by atoms with Crippen LogP contribution in [0.4, 0.5) is 5.69 Å². The number of piperazine rings is 1. The molecule has 1 aliphatic rings. The normalized spacial score (nSPS) is 16.6. The van der Waals surface area contributed by atoms with Gasteiger partial charge in [-0.3, -0.25) is 4.79 Å².